The van der Waals surface area contributed by atoms with E-state index in [4.69, 9.17) is 14.2 Å². The normalized spacial score (nSPS) is 13.0. The molecule has 0 spiro atoms. The van der Waals surface area contributed by atoms with Crippen molar-refractivity contribution >= 4 is 17.9 Å². The first-order valence-corrected chi connectivity index (χ1v) is 34.7. The van der Waals surface area contributed by atoms with Gasteiger partial charge in [0.25, 0.3) is 0 Å². The van der Waals surface area contributed by atoms with Crippen LogP contribution in [0.25, 0.3) is 0 Å². The van der Waals surface area contributed by atoms with E-state index in [1.54, 1.807) is 0 Å². The highest BCUT2D eigenvalue weighted by Gasteiger charge is 2.19. The monoisotopic (exact) mass is 1150 g/mol. The number of rotatable bonds is 62. The Bertz CT molecular complexity index is 1750. The largest absolute Gasteiger partial charge is 0.462 e. The van der Waals surface area contributed by atoms with Gasteiger partial charge in [0.2, 0.25) is 0 Å². The van der Waals surface area contributed by atoms with Gasteiger partial charge in [-0.25, -0.2) is 0 Å². The van der Waals surface area contributed by atoms with Gasteiger partial charge in [-0.1, -0.05) is 296 Å². The molecule has 0 radical (unpaired) electrons. The molecular weight excluding hydrogens is 1020 g/mol. The minimum atomic E-state index is -0.799. The molecule has 1 atom stereocenters. The predicted octanol–water partition coefficient (Wildman–Crippen LogP) is 24.1. The molecule has 0 aliphatic rings. The molecule has 6 nitrogen and oxygen atoms in total. The molecule has 0 fully saturated rings. The van der Waals surface area contributed by atoms with Crippen LogP contribution in [-0.2, 0) is 28.6 Å². The van der Waals surface area contributed by atoms with Crippen LogP contribution in [0.5, 0.6) is 0 Å². The van der Waals surface area contributed by atoms with Crippen LogP contribution in [0.2, 0.25) is 0 Å². The zero-order valence-electron chi connectivity index (χ0n) is 54.2. The van der Waals surface area contributed by atoms with Crippen LogP contribution >= 0.6 is 0 Å². The molecule has 0 heterocycles. The van der Waals surface area contributed by atoms with Crippen LogP contribution < -0.4 is 0 Å². The lowest BCUT2D eigenvalue weighted by Crippen LogP contribution is -2.30. The van der Waals surface area contributed by atoms with Gasteiger partial charge in [-0.3, -0.25) is 14.4 Å². The summed E-state index contributed by atoms with van der Waals surface area (Å²) in [6.07, 6.45) is 99.0. The van der Waals surface area contributed by atoms with E-state index in [0.717, 1.165) is 154 Å². The molecule has 0 aromatic carbocycles. The third-order valence-corrected chi connectivity index (χ3v) is 14.6. The zero-order valence-corrected chi connectivity index (χ0v) is 54.2. The van der Waals surface area contributed by atoms with Gasteiger partial charge in [-0.05, 0) is 135 Å². The van der Waals surface area contributed by atoms with E-state index in [-0.39, 0.29) is 31.1 Å². The van der Waals surface area contributed by atoms with Crippen LogP contribution in [-0.4, -0.2) is 37.2 Å². The second kappa shape index (κ2) is 70.0. The highest BCUT2D eigenvalue weighted by Crippen LogP contribution is 2.16. The molecule has 83 heavy (non-hydrogen) atoms. The van der Waals surface area contributed by atoms with Crippen LogP contribution in [0, 0.1) is 0 Å². The van der Waals surface area contributed by atoms with Crippen molar-refractivity contribution in [1.82, 2.24) is 0 Å². The maximum absolute atomic E-state index is 12.9. The Balaban J connectivity index is 4.35. The molecule has 0 aliphatic carbocycles. The highest BCUT2D eigenvalue weighted by molar-refractivity contribution is 5.71. The maximum atomic E-state index is 12.9. The third-order valence-electron chi connectivity index (χ3n) is 14.6. The van der Waals surface area contributed by atoms with E-state index < -0.39 is 6.10 Å². The summed E-state index contributed by atoms with van der Waals surface area (Å²) in [5, 5.41) is 0. The summed E-state index contributed by atoms with van der Waals surface area (Å²) in [6, 6.07) is 0. The molecule has 0 bridgehead atoms. The van der Waals surface area contributed by atoms with Gasteiger partial charge in [0.1, 0.15) is 13.2 Å². The van der Waals surface area contributed by atoms with E-state index >= 15 is 0 Å². The molecule has 0 saturated carbocycles. The lowest BCUT2D eigenvalue weighted by atomic mass is 10.0. The summed E-state index contributed by atoms with van der Waals surface area (Å²) in [7, 11) is 0. The van der Waals surface area contributed by atoms with Gasteiger partial charge in [0.05, 0.1) is 0 Å². The summed E-state index contributed by atoms with van der Waals surface area (Å²) in [5.41, 5.74) is 0. The van der Waals surface area contributed by atoms with Gasteiger partial charge in [-0.2, -0.15) is 0 Å². The first kappa shape index (κ1) is 78.5. The van der Waals surface area contributed by atoms with E-state index in [0.29, 0.717) is 19.3 Å². The Morgan fingerprint density at radius 1 is 0.253 bits per heavy atom. The zero-order chi connectivity index (χ0) is 59.9. The smallest absolute Gasteiger partial charge is 0.306 e. The summed E-state index contributed by atoms with van der Waals surface area (Å²) >= 11 is 0. The van der Waals surface area contributed by atoms with Gasteiger partial charge in [0.15, 0.2) is 6.10 Å². The number of hydrogen-bond acceptors (Lipinski definition) is 6. The first-order valence-electron chi connectivity index (χ1n) is 34.7. The Hall–Kier alpha value is -4.45. The summed E-state index contributed by atoms with van der Waals surface area (Å²) < 4.78 is 16.9. The predicted molar refractivity (Wildman–Crippen MR) is 362 cm³/mol. The van der Waals surface area contributed by atoms with Gasteiger partial charge >= 0.3 is 17.9 Å². The van der Waals surface area contributed by atoms with Crippen molar-refractivity contribution in [2.75, 3.05) is 13.2 Å². The molecule has 0 amide bonds. The Kier molecular flexibility index (Phi) is 66.3. The molecule has 0 N–H and O–H groups in total. The van der Waals surface area contributed by atoms with Crippen molar-refractivity contribution in [3.05, 3.63) is 134 Å². The standard InChI is InChI=1S/C77H128O6/c1-4-7-10-13-16-19-22-25-27-29-31-33-35-37-38-40-41-43-45-47-49-52-55-58-61-64-67-70-76(79)82-73-74(72-81-75(78)69-66-63-60-57-54-51-24-21-18-15-12-9-6-3)83-77(80)71-68-65-62-59-56-53-50-48-46-44-42-39-36-34-32-30-28-26-23-20-17-14-11-8-5-2/h8,11-12,15,17,20-22,24-26,28-29,31-32,34-35,37,39,42,46,48,74H,4-7,9-10,13-14,16,18-19,23,27,30,33,36,38,40-41,43-45,47,49-73H2,1-3H3/b11-8-,15-12-,20-17-,24-21-,25-22-,28-26-,31-29-,34-32-,37-35-,42-39-,48-46-. The number of unbranched alkanes of at least 4 members (excludes halogenated alkanes) is 29. The quantitative estimate of drug-likeness (QED) is 0.0261. The molecule has 1 unspecified atom stereocenters. The molecule has 0 saturated heterocycles. The van der Waals surface area contributed by atoms with Crippen LogP contribution in [0.15, 0.2) is 134 Å². The fourth-order valence-electron chi connectivity index (χ4n) is 9.43. The highest BCUT2D eigenvalue weighted by atomic mass is 16.6. The molecule has 472 valence electrons. The molecule has 0 aromatic heterocycles. The van der Waals surface area contributed by atoms with Crippen LogP contribution in [0.1, 0.15) is 316 Å². The van der Waals surface area contributed by atoms with Crippen molar-refractivity contribution in [2.45, 2.75) is 322 Å². The number of hydrogen-bond donors (Lipinski definition) is 0. The Morgan fingerprint density at radius 2 is 0.494 bits per heavy atom. The molecular formula is C77H128O6. The summed E-state index contributed by atoms with van der Waals surface area (Å²) in [4.78, 5) is 38.4. The number of allylic oxidation sites excluding steroid dienone is 22. The van der Waals surface area contributed by atoms with Gasteiger partial charge in [-0.15, -0.1) is 0 Å². The van der Waals surface area contributed by atoms with Gasteiger partial charge < -0.3 is 14.2 Å². The third kappa shape index (κ3) is 68.2. The van der Waals surface area contributed by atoms with E-state index in [2.05, 4.69) is 154 Å². The first-order chi connectivity index (χ1) is 41.0. The van der Waals surface area contributed by atoms with Crippen molar-refractivity contribution in [3.63, 3.8) is 0 Å². The number of ether oxygens (including phenoxy) is 3. The topological polar surface area (TPSA) is 78.9 Å². The fraction of sp³-hybridized carbons (Fsp3) is 0.675. The lowest BCUT2D eigenvalue weighted by molar-refractivity contribution is -0.167. The Labute approximate surface area is 513 Å². The molecule has 0 aliphatic heterocycles. The number of carbonyl (C=O) groups excluding carboxylic acids is 3. The van der Waals surface area contributed by atoms with E-state index in [1.165, 1.54) is 122 Å². The lowest BCUT2D eigenvalue weighted by Gasteiger charge is -2.18. The van der Waals surface area contributed by atoms with Crippen LogP contribution in [0.4, 0.5) is 0 Å². The second-order valence-electron chi connectivity index (χ2n) is 22.7. The van der Waals surface area contributed by atoms with Crippen molar-refractivity contribution in [3.8, 4) is 0 Å². The average molecular weight is 1150 g/mol. The molecule has 6 heteroatoms. The maximum Gasteiger partial charge on any atom is 0.306 e. The minimum absolute atomic E-state index is 0.0925. The second-order valence-corrected chi connectivity index (χ2v) is 22.7. The number of esters is 3. The summed E-state index contributed by atoms with van der Waals surface area (Å²) in [6.45, 7) is 6.44. The molecule has 0 aromatic rings. The molecule has 0 rings (SSSR count). The minimum Gasteiger partial charge on any atom is -0.462 e. The van der Waals surface area contributed by atoms with E-state index in [1.807, 2.05) is 0 Å². The van der Waals surface area contributed by atoms with Gasteiger partial charge in [0, 0.05) is 19.3 Å². The Morgan fingerprint density at radius 3 is 0.783 bits per heavy atom. The fourth-order valence-corrected chi connectivity index (χ4v) is 9.43. The number of carbonyl (C=O) groups is 3. The summed E-state index contributed by atoms with van der Waals surface area (Å²) in [5.74, 6) is -0.918. The SMILES string of the molecule is CC/C=C\C/C=C\C/C=C\C/C=C\C/C=C\C/C=C\CCCCCCCCC(=O)OC(COC(=O)CCCCCCC/C=C\C/C=C\CCC)COC(=O)CCCCCCCCCCCCCC/C=C\C/C=C\C/C=C\CCCCCCC. The van der Waals surface area contributed by atoms with Crippen molar-refractivity contribution in [2.24, 2.45) is 0 Å². The average Bonchev–Trinajstić information content (AvgIpc) is 3.49. The van der Waals surface area contributed by atoms with E-state index in [9.17, 15) is 14.4 Å². The van der Waals surface area contributed by atoms with Crippen molar-refractivity contribution in [1.29, 1.82) is 0 Å². The van der Waals surface area contributed by atoms with Crippen molar-refractivity contribution < 1.29 is 28.6 Å². The van der Waals surface area contributed by atoms with Crippen LogP contribution in [0.3, 0.4) is 0 Å².